The second kappa shape index (κ2) is 7.77. The maximum absolute atomic E-state index is 11.9. The molecule has 0 radical (unpaired) electrons. The highest BCUT2D eigenvalue weighted by molar-refractivity contribution is 14.1. The lowest BCUT2D eigenvalue weighted by Crippen LogP contribution is -2.20. The molecule has 24 heavy (non-hydrogen) atoms. The van der Waals surface area contributed by atoms with E-state index in [1.165, 1.54) is 4.68 Å². The summed E-state index contributed by atoms with van der Waals surface area (Å²) in [5.74, 6) is -0.818. The fourth-order valence-corrected chi connectivity index (χ4v) is 2.39. The summed E-state index contributed by atoms with van der Waals surface area (Å²) in [5, 5.41) is 7.58. The average molecular weight is 443 g/mol. The van der Waals surface area contributed by atoms with Crippen LogP contribution in [0.4, 0.5) is 0 Å². The number of nitrogens with two attached hydrogens (primary N) is 2. The first-order valence-corrected chi connectivity index (χ1v) is 7.70. The largest absolute Gasteiger partial charge is 0.484 e. The molecule has 0 unspecified atom stereocenters. The third-order valence-corrected chi connectivity index (χ3v) is 3.52. The molecule has 0 saturated heterocycles. The maximum atomic E-state index is 11.9. The van der Waals surface area contributed by atoms with Crippen LogP contribution in [0.1, 0.15) is 16.1 Å². The van der Waals surface area contributed by atoms with Gasteiger partial charge in [0.1, 0.15) is 5.75 Å². The molecular formula is C14H14IN5O4. The molecule has 0 fully saturated rings. The molecular weight excluding hydrogens is 429 g/mol. The summed E-state index contributed by atoms with van der Waals surface area (Å²) >= 11 is 1.97. The van der Waals surface area contributed by atoms with Gasteiger partial charge in [-0.3, -0.25) is 9.48 Å². The minimum Gasteiger partial charge on any atom is -0.484 e. The number of carbonyl (C=O) groups is 2. The quantitative estimate of drug-likeness (QED) is 0.218. The number of rotatable bonds is 6. The van der Waals surface area contributed by atoms with Crippen LogP contribution >= 0.6 is 22.6 Å². The van der Waals surface area contributed by atoms with E-state index < -0.39 is 11.9 Å². The van der Waals surface area contributed by atoms with Crippen LogP contribution in [0, 0.1) is 3.57 Å². The van der Waals surface area contributed by atoms with Crippen molar-refractivity contribution in [1.82, 2.24) is 9.78 Å². The van der Waals surface area contributed by atoms with Gasteiger partial charge in [0.25, 0.3) is 5.91 Å². The minimum absolute atomic E-state index is 0.00994. The minimum atomic E-state index is -0.704. The van der Waals surface area contributed by atoms with E-state index in [2.05, 4.69) is 10.3 Å². The Bertz CT molecular complexity index is 785. The molecule has 4 N–H and O–H groups in total. The first-order chi connectivity index (χ1) is 11.4. The third-order valence-electron chi connectivity index (χ3n) is 2.74. The summed E-state index contributed by atoms with van der Waals surface area (Å²) in [6.07, 6.45) is 1.68. The van der Waals surface area contributed by atoms with E-state index in [9.17, 15) is 9.59 Å². The Labute approximate surface area is 150 Å². The first-order valence-electron chi connectivity index (χ1n) is 6.62. The number of benzene rings is 1. The van der Waals surface area contributed by atoms with Crippen molar-refractivity contribution in [1.29, 1.82) is 0 Å². The molecule has 0 aliphatic heterocycles. The van der Waals surface area contributed by atoms with Gasteiger partial charge in [-0.05, 0) is 46.9 Å². The number of amidine groups is 1. The molecule has 0 atom stereocenters. The van der Waals surface area contributed by atoms with Crippen LogP contribution in [-0.2, 0) is 16.7 Å². The number of hydrogen-bond acceptors (Lipinski definition) is 6. The lowest BCUT2D eigenvalue weighted by molar-refractivity contribution is -0.119. The van der Waals surface area contributed by atoms with Gasteiger partial charge in [-0.1, -0.05) is 5.16 Å². The lowest BCUT2D eigenvalue weighted by Gasteiger charge is -2.05. The summed E-state index contributed by atoms with van der Waals surface area (Å²) < 4.78 is 7.26. The number of amides is 1. The molecule has 1 aromatic carbocycles. The predicted octanol–water partition coefficient (Wildman–Crippen LogP) is 0.366. The highest BCUT2D eigenvalue weighted by atomic mass is 127. The average Bonchev–Trinajstić information content (AvgIpc) is 2.89. The Kier molecular flexibility index (Phi) is 5.73. The standard InChI is InChI=1S/C14H14IN5O4/c1-20-6-10(15)12(18-20)14(22)24-19-13(17)8-2-4-9(5-3-8)23-7-11(16)21/h2-6H,7H2,1H3,(H2,16,21)(H2,17,19). The highest BCUT2D eigenvalue weighted by Gasteiger charge is 2.16. The van der Waals surface area contributed by atoms with Gasteiger partial charge in [0.2, 0.25) is 0 Å². The Hall–Kier alpha value is -2.63. The molecule has 0 spiro atoms. The molecule has 9 nitrogen and oxygen atoms in total. The van der Waals surface area contributed by atoms with Gasteiger partial charge >= 0.3 is 5.97 Å². The van der Waals surface area contributed by atoms with Crippen LogP contribution in [0.5, 0.6) is 5.75 Å². The summed E-state index contributed by atoms with van der Waals surface area (Å²) in [6, 6.07) is 6.38. The number of hydrogen-bond donors (Lipinski definition) is 2. The van der Waals surface area contributed by atoms with Gasteiger partial charge in [0, 0.05) is 18.8 Å². The second-order valence-electron chi connectivity index (χ2n) is 4.63. The van der Waals surface area contributed by atoms with Gasteiger partial charge in [-0.2, -0.15) is 5.10 Å². The van der Waals surface area contributed by atoms with Crippen molar-refractivity contribution in [2.75, 3.05) is 6.61 Å². The van der Waals surface area contributed by atoms with Crippen molar-refractivity contribution >= 4 is 40.3 Å². The van der Waals surface area contributed by atoms with Crippen molar-refractivity contribution in [3.63, 3.8) is 0 Å². The van der Waals surface area contributed by atoms with Crippen LogP contribution in [0.2, 0.25) is 0 Å². The van der Waals surface area contributed by atoms with Crippen LogP contribution in [0.25, 0.3) is 0 Å². The number of oxime groups is 1. The zero-order valence-electron chi connectivity index (χ0n) is 12.6. The number of ether oxygens (including phenoxy) is 1. The lowest BCUT2D eigenvalue weighted by atomic mass is 10.2. The maximum Gasteiger partial charge on any atom is 0.386 e. The molecule has 2 rings (SSSR count). The molecule has 1 heterocycles. The van der Waals surface area contributed by atoms with E-state index >= 15 is 0 Å². The highest BCUT2D eigenvalue weighted by Crippen LogP contribution is 2.13. The van der Waals surface area contributed by atoms with E-state index in [0.717, 1.165) is 0 Å². The van der Waals surface area contributed by atoms with Crippen LogP contribution in [-0.4, -0.2) is 34.1 Å². The zero-order chi connectivity index (χ0) is 17.7. The Balaban J connectivity index is 2.01. The second-order valence-corrected chi connectivity index (χ2v) is 5.80. The van der Waals surface area contributed by atoms with E-state index in [0.29, 0.717) is 14.9 Å². The van der Waals surface area contributed by atoms with E-state index in [1.54, 1.807) is 37.5 Å². The van der Waals surface area contributed by atoms with E-state index in [1.807, 2.05) is 22.6 Å². The zero-order valence-corrected chi connectivity index (χ0v) is 14.8. The Morgan fingerprint density at radius 2 is 1.96 bits per heavy atom. The number of nitrogens with zero attached hydrogens (tertiary/aromatic N) is 3. The fraction of sp³-hybridized carbons (Fsp3) is 0.143. The summed E-state index contributed by atoms with van der Waals surface area (Å²) in [5.41, 5.74) is 11.4. The van der Waals surface area contributed by atoms with Gasteiger partial charge in [-0.25, -0.2) is 4.79 Å². The normalized spacial score (nSPS) is 11.2. The van der Waals surface area contributed by atoms with Crippen molar-refractivity contribution < 1.29 is 19.2 Å². The summed E-state index contributed by atoms with van der Waals surface area (Å²) in [4.78, 5) is 27.3. The Morgan fingerprint density at radius 1 is 1.29 bits per heavy atom. The molecule has 126 valence electrons. The third kappa shape index (κ3) is 4.68. The number of aromatic nitrogens is 2. The van der Waals surface area contributed by atoms with E-state index in [4.69, 9.17) is 21.0 Å². The number of halogens is 1. The molecule has 0 aliphatic carbocycles. The molecule has 0 bridgehead atoms. The smallest absolute Gasteiger partial charge is 0.386 e. The number of primary amides is 1. The Morgan fingerprint density at radius 3 is 2.50 bits per heavy atom. The molecule has 1 amide bonds. The monoisotopic (exact) mass is 443 g/mol. The summed E-state index contributed by atoms with van der Waals surface area (Å²) in [7, 11) is 1.69. The predicted molar refractivity (Wildman–Crippen MR) is 93.2 cm³/mol. The molecule has 10 heteroatoms. The van der Waals surface area contributed by atoms with Gasteiger partial charge in [0.15, 0.2) is 18.1 Å². The molecule has 1 aromatic heterocycles. The number of carbonyl (C=O) groups excluding carboxylic acids is 2. The van der Waals surface area contributed by atoms with Crippen molar-refractivity contribution in [3.05, 3.63) is 45.3 Å². The van der Waals surface area contributed by atoms with Gasteiger partial charge in [0.05, 0.1) is 3.57 Å². The van der Waals surface area contributed by atoms with Gasteiger partial charge in [-0.15, -0.1) is 0 Å². The van der Waals surface area contributed by atoms with Crippen LogP contribution in [0.15, 0.2) is 35.6 Å². The SMILES string of the molecule is Cn1cc(I)c(C(=O)O/N=C(\N)c2ccc(OCC(N)=O)cc2)n1. The van der Waals surface area contributed by atoms with Crippen molar-refractivity contribution in [3.8, 4) is 5.75 Å². The molecule has 0 aliphatic rings. The molecule has 0 saturated carbocycles. The van der Waals surface area contributed by atoms with Crippen LogP contribution in [0.3, 0.4) is 0 Å². The fourth-order valence-electron chi connectivity index (χ4n) is 1.66. The topological polar surface area (TPSA) is 135 Å². The molecule has 2 aromatic rings. The van der Waals surface area contributed by atoms with Gasteiger partial charge < -0.3 is 21.0 Å². The van der Waals surface area contributed by atoms with Crippen LogP contribution < -0.4 is 16.2 Å². The van der Waals surface area contributed by atoms with E-state index in [-0.39, 0.29) is 18.1 Å². The van der Waals surface area contributed by atoms with Crippen molar-refractivity contribution in [2.45, 2.75) is 0 Å². The first kappa shape index (κ1) is 17.7. The van der Waals surface area contributed by atoms with Crippen molar-refractivity contribution in [2.24, 2.45) is 23.7 Å². The number of aryl methyl sites for hydroxylation is 1. The summed E-state index contributed by atoms with van der Waals surface area (Å²) in [6.45, 7) is -0.219.